The predicted molar refractivity (Wildman–Crippen MR) is 127 cm³/mol. The van der Waals surface area contributed by atoms with Crippen LogP contribution in [0.3, 0.4) is 0 Å². The molecule has 0 aliphatic heterocycles. The molecule has 0 aromatic heterocycles. The average molecular weight is 466 g/mol. The third kappa shape index (κ3) is 4.99. The fraction of sp³-hybridized carbons (Fsp3) is 0. The minimum absolute atomic E-state index is 0.0658. The summed E-state index contributed by atoms with van der Waals surface area (Å²) >= 11 is 0. The van der Waals surface area contributed by atoms with Gasteiger partial charge in [0.2, 0.25) is 0 Å². The van der Waals surface area contributed by atoms with E-state index in [2.05, 4.69) is 0 Å². The zero-order valence-corrected chi connectivity index (χ0v) is 18.2. The van der Waals surface area contributed by atoms with Crippen molar-refractivity contribution in [1.29, 1.82) is 0 Å². The summed E-state index contributed by atoms with van der Waals surface area (Å²) in [6, 6.07) is 24.4. The predicted octanol–water partition coefficient (Wildman–Crippen LogP) is 5.34. The van der Waals surface area contributed by atoms with Gasteiger partial charge in [-0.3, -0.25) is 9.59 Å². The molecule has 0 atom stereocenters. The summed E-state index contributed by atoms with van der Waals surface area (Å²) in [6.45, 7) is 0. The molecule has 35 heavy (non-hydrogen) atoms. The van der Waals surface area contributed by atoms with Crippen LogP contribution in [0, 0.1) is 0 Å². The SMILES string of the molecule is O=C(O)c1ccc(Oc2ccc(C(=O)O)c(C(=O)c3ccccc3)c2)cc1C(=O)c1ccccc1. The van der Waals surface area contributed by atoms with E-state index in [-0.39, 0.29) is 33.8 Å². The maximum atomic E-state index is 13.0. The summed E-state index contributed by atoms with van der Waals surface area (Å²) in [5.41, 5.74) is 0.120. The van der Waals surface area contributed by atoms with Crippen LogP contribution in [0.4, 0.5) is 0 Å². The second kappa shape index (κ2) is 9.84. The third-order valence-corrected chi connectivity index (χ3v) is 5.24. The van der Waals surface area contributed by atoms with Crippen molar-refractivity contribution in [1.82, 2.24) is 0 Å². The van der Waals surface area contributed by atoms with Gasteiger partial charge in [0, 0.05) is 22.3 Å². The maximum Gasteiger partial charge on any atom is 0.336 e. The molecule has 0 spiro atoms. The molecule has 0 aliphatic rings. The molecule has 172 valence electrons. The minimum atomic E-state index is -1.27. The normalized spacial score (nSPS) is 10.4. The Kier molecular flexibility index (Phi) is 6.50. The summed E-state index contributed by atoms with van der Waals surface area (Å²) < 4.78 is 5.81. The summed E-state index contributed by atoms with van der Waals surface area (Å²) in [5.74, 6) is -3.22. The summed E-state index contributed by atoms with van der Waals surface area (Å²) in [4.78, 5) is 49.3. The van der Waals surface area contributed by atoms with E-state index in [1.165, 1.54) is 36.4 Å². The van der Waals surface area contributed by atoms with Gasteiger partial charge in [-0.25, -0.2) is 9.59 Å². The molecule has 2 N–H and O–H groups in total. The average Bonchev–Trinajstić information content (AvgIpc) is 2.88. The first kappa shape index (κ1) is 23.1. The number of carboxylic acids is 2. The van der Waals surface area contributed by atoms with Gasteiger partial charge < -0.3 is 14.9 Å². The Morgan fingerprint density at radius 1 is 0.486 bits per heavy atom. The highest BCUT2D eigenvalue weighted by Gasteiger charge is 2.21. The van der Waals surface area contributed by atoms with Crippen LogP contribution in [0.25, 0.3) is 0 Å². The molecule has 0 heterocycles. The van der Waals surface area contributed by atoms with Crippen molar-refractivity contribution in [2.45, 2.75) is 0 Å². The van der Waals surface area contributed by atoms with Crippen LogP contribution in [0.1, 0.15) is 52.6 Å². The molecule has 4 aromatic carbocycles. The highest BCUT2D eigenvalue weighted by Crippen LogP contribution is 2.28. The molecule has 0 amide bonds. The number of benzene rings is 4. The molecule has 4 rings (SSSR count). The van der Waals surface area contributed by atoms with E-state index in [0.29, 0.717) is 11.1 Å². The van der Waals surface area contributed by atoms with E-state index in [0.717, 1.165) is 0 Å². The summed E-state index contributed by atoms with van der Waals surface area (Å²) in [6.07, 6.45) is 0. The largest absolute Gasteiger partial charge is 0.478 e. The molecular weight excluding hydrogens is 448 g/mol. The smallest absolute Gasteiger partial charge is 0.336 e. The van der Waals surface area contributed by atoms with Crippen molar-refractivity contribution in [3.05, 3.63) is 130 Å². The maximum absolute atomic E-state index is 13.0. The number of ketones is 2. The number of carbonyl (C=O) groups excluding carboxylic acids is 2. The molecule has 0 radical (unpaired) electrons. The van der Waals surface area contributed by atoms with Crippen molar-refractivity contribution < 1.29 is 34.1 Å². The Balaban J connectivity index is 1.72. The van der Waals surface area contributed by atoms with Gasteiger partial charge in [-0.2, -0.15) is 0 Å². The van der Waals surface area contributed by atoms with E-state index in [1.807, 2.05) is 0 Å². The topological polar surface area (TPSA) is 118 Å². The first-order valence-corrected chi connectivity index (χ1v) is 10.5. The van der Waals surface area contributed by atoms with Gasteiger partial charge in [0.25, 0.3) is 0 Å². The number of carboxylic acid groups (broad SMARTS) is 2. The lowest BCUT2D eigenvalue weighted by Gasteiger charge is -2.12. The lowest BCUT2D eigenvalue weighted by atomic mass is 9.97. The van der Waals surface area contributed by atoms with Gasteiger partial charge in [-0.05, 0) is 36.4 Å². The molecule has 0 saturated heterocycles. The van der Waals surface area contributed by atoms with E-state index in [9.17, 15) is 29.4 Å². The van der Waals surface area contributed by atoms with Crippen LogP contribution in [-0.4, -0.2) is 33.7 Å². The Morgan fingerprint density at radius 2 is 0.857 bits per heavy atom. The highest BCUT2D eigenvalue weighted by atomic mass is 16.5. The quantitative estimate of drug-likeness (QED) is 0.337. The molecule has 0 saturated carbocycles. The van der Waals surface area contributed by atoms with E-state index in [4.69, 9.17) is 4.74 Å². The molecule has 7 nitrogen and oxygen atoms in total. The van der Waals surface area contributed by atoms with Crippen LogP contribution in [0.15, 0.2) is 97.1 Å². The Morgan fingerprint density at radius 3 is 1.20 bits per heavy atom. The lowest BCUT2D eigenvalue weighted by molar-refractivity contribution is 0.0683. The fourth-order valence-corrected chi connectivity index (χ4v) is 3.55. The molecule has 4 aromatic rings. The summed E-state index contributed by atoms with van der Waals surface area (Å²) in [7, 11) is 0. The van der Waals surface area contributed by atoms with Crippen molar-refractivity contribution >= 4 is 23.5 Å². The van der Waals surface area contributed by atoms with Gasteiger partial charge >= 0.3 is 11.9 Å². The van der Waals surface area contributed by atoms with Crippen LogP contribution >= 0.6 is 0 Å². The van der Waals surface area contributed by atoms with Crippen molar-refractivity contribution in [2.75, 3.05) is 0 Å². The fourth-order valence-electron chi connectivity index (χ4n) is 3.55. The molecule has 7 heteroatoms. The van der Waals surface area contributed by atoms with Gasteiger partial charge in [-0.1, -0.05) is 60.7 Å². The molecular formula is C28H18O7. The number of ether oxygens (including phenoxy) is 1. The van der Waals surface area contributed by atoms with E-state index < -0.39 is 23.5 Å². The van der Waals surface area contributed by atoms with E-state index >= 15 is 0 Å². The zero-order valence-electron chi connectivity index (χ0n) is 18.2. The lowest BCUT2D eigenvalue weighted by Crippen LogP contribution is -2.11. The standard InChI is InChI=1S/C28H18O7/c29-25(17-7-3-1-4-8-17)23-15-19(11-13-21(23)27(31)32)35-20-12-14-22(28(33)34)24(16-20)26(30)18-9-5-2-6-10-18/h1-16H,(H,31,32)(H,33,34). The first-order valence-electron chi connectivity index (χ1n) is 10.5. The van der Waals surface area contributed by atoms with Crippen LogP contribution in [0.5, 0.6) is 11.5 Å². The number of rotatable bonds is 8. The van der Waals surface area contributed by atoms with Crippen LogP contribution < -0.4 is 4.74 Å². The van der Waals surface area contributed by atoms with Gasteiger partial charge in [0.05, 0.1) is 11.1 Å². The van der Waals surface area contributed by atoms with Crippen molar-refractivity contribution in [3.8, 4) is 11.5 Å². The number of hydrogen-bond donors (Lipinski definition) is 2. The Labute approximate surface area is 199 Å². The van der Waals surface area contributed by atoms with Crippen molar-refractivity contribution in [3.63, 3.8) is 0 Å². The number of aromatic carboxylic acids is 2. The van der Waals surface area contributed by atoms with Gasteiger partial charge in [-0.15, -0.1) is 0 Å². The second-order valence-corrected chi connectivity index (χ2v) is 7.52. The summed E-state index contributed by atoms with van der Waals surface area (Å²) in [5, 5.41) is 19.1. The zero-order chi connectivity index (χ0) is 24.9. The number of hydrogen-bond acceptors (Lipinski definition) is 5. The minimum Gasteiger partial charge on any atom is -0.478 e. The van der Waals surface area contributed by atoms with Crippen LogP contribution in [0.2, 0.25) is 0 Å². The Hall–Kier alpha value is -5.04. The Bertz CT molecular complexity index is 1330. The first-order chi connectivity index (χ1) is 16.8. The molecule has 0 fully saturated rings. The molecule has 0 aliphatic carbocycles. The molecule has 0 unspecified atom stereocenters. The van der Waals surface area contributed by atoms with Crippen LogP contribution in [-0.2, 0) is 0 Å². The third-order valence-electron chi connectivity index (χ3n) is 5.24. The second-order valence-electron chi connectivity index (χ2n) is 7.52. The van der Waals surface area contributed by atoms with Crippen molar-refractivity contribution in [2.24, 2.45) is 0 Å². The highest BCUT2D eigenvalue weighted by molar-refractivity contribution is 6.15. The van der Waals surface area contributed by atoms with Gasteiger partial charge in [0.15, 0.2) is 11.6 Å². The monoisotopic (exact) mass is 466 g/mol. The number of carbonyl (C=O) groups is 4. The van der Waals surface area contributed by atoms with E-state index in [1.54, 1.807) is 60.7 Å². The molecule has 0 bridgehead atoms. The van der Waals surface area contributed by atoms with Gasteiger partial charge in [0.1, 0.15) is 11.5 Å².